The van der Waals surface area contributed by atoms with Crippen LogP contribution in [0.25, 0.3) is 0 Å². The van der Waals surface area contributed by atoms with Gasteiger partial charge in [-0.1, -0.05) is 6.07 Å². The maximum Gasteiger partial charge on any atom is 0.419 e. The zero-order valence-corrected chi connectivity index (χ0v) is 16.1. The molecule has 6 nitrogen and oxygen atoms in total. The van der Waals surface area contributed by atoms with Crippen LogP contribution in [0.15, 0.2) is 65.7 Å². The number of rotatable bonds is 5. The van der Waals surface area contributed by atoms with E-state index < -0.39 is 49.9 Å². The van der Waals surface area contributed by atoms with Crippen LogP contribution in [-0.4, -0.2) is 19.3 Å². The lowest BCUT2D eigenvalue weighted by molar-refractivity contribution is -0.140. The average Bonchev–Trinajstić information content (AvgIpc) is 2.69. The van der Waals surface area contributed by atoms with Crippen LogP contribution in [-0.2, 0) is 16.2 Å². The minimum absolute atomic E-state index is 0.0195. The molecule has 162 valence electrons. The highest BCUT2D eigenvalue weighted by atomic mass is 32.2. The van der Waals surface area contributed by atoms with Gasteiger partial charge >= 0.3 is 6.18 Å². The quantitative estimate of drug-likeness (QED) is 0.555. The number of hydrogen-bond acceptors (Lipinski definition) is 4. The van der Waals surface area contributed by atoms with Crippen LogP contribution in [0.5, 0.6) is 0 Å². The van der Waals surface area contributed by atoms with Crippen LogP contribution in [0, 0.1) is 11.6 Å². The number of anilines is 2. The van der Waals surface area contributed by atoms with Gasteiger partial charge in [-0.3, -0.25) is 14.5 Å². The summed E-state index contributed by atoms with van der Waals surface area (Å²) in [7, 11) is -4.70. The Balaban J connectivity index is 1.95. The lowest BCUT2D eigenvalue weighted by atomic mass is 10.2. The van der Waals surface area contributed by atoms with Gasteiger partial charge in [-0.05, 0) is 42.5 Å². The van der Waals surface area contributed by atoms with Crippen LogP contribution in [0.3, 0.4) is 0 Å². The van der Waals surface area contributed by atoms with Crippen molar-refractivity contribution in [3.63, 3.8) is 0 Å². The second-order valence-corrected chi connectivity index (χ2v) is 7.79. The van der Waals surface area contributed by atoms with Gasteiger partial charge in [0, 0.05) is 12.3 Å². The van der Waals surface area contributed by atoms with Crippen LogP contribution in [0.1, 0.15) is 16.1 Å². The van der Waals surface area contributed by atoms with Crippen molar-refractivity contribution in [2.75, 3.05) is 10.0 Å². The second-order valence-electron chi connectivity index (χ2n) is 6.10. The SMILES string of the molecule is O=C(Nc1ccc(F)cc1NS(=O)(=O)c1ccc(F)c(C(F)(F)F)c1)c1ccccn1. The lowest BCUT2D eigenvalue weighted by Gasteiger charge is -2.15. The van der Waals surface area contributed by atoms with E-state index in [-0.39, 0.29) is 17.4 Å². The van der Waals surface area contributed by atoms with Crippen molar-refractivity contribution in [2.45, 2.75) is 11.1 Å². The van der Waals surface area contributed by atoms with E-state index in [1.54, 1.807) is 6.07 Å². The zero-order valence-electron chi connectivity index (χ0n) is 15.2. The third kappa shape index (κ3) is 5.15. The minimum atomic E-state index is -5.13. The van der Waals surface area contributed by atoms with Crippen molar-refractivity contribution in [2.24, 2.45) is 0 Å². The number of halogens is 5. The number of pyridine rings is 1. The molecule has 2 N–H and O–H groups in total. The van der Waals surface area contributed by atoms with E-state index in [1.807, 2.05) is 4.72 Å². The third-order valence-corrected chi connectivity index (χ3v) is 5.29. The molecule has 0 aliphatic heterocycles. The summed E-state index contributed by atoms with van der Waals surface area (Å²) >= 11 is 0. The molecule has 0 radical (unpaired) electrons. The van der Waals surface area contributed by atoms with Crippen LogP contribution >= 0.6 is 0 Å². The summed E-state index contributed by atoms with van der Waals surface area (Å²) < 4.78 is 92.9. The zero-order chi connectivity index (χ0) is 22.8. The van der Waals surface area contributed by atoms with E-state index in [4.69, 9.17) is 0 Å². The van der Waals surface area contributed by atoms with Crippen molar-refractivity contribution in [3.05, 3.63) is 83.7 Å². The number of hydrogen-bond donors (Lipinski definition) is 2. The Hall–Kier alpha value is -3.54. The summed E-state index contributed by atoms with van der Waals surface area (Å²) in [5.41, 5.74) is -2.44. The third-order valence-electron chi connectivity index (χ3n) is 3.93. The monoisotopic (exact) mass is 457 g/mol. The molecule has 0 spiro atoms. The van der Waals surface area contributed by atoms with E-state index >= 15 is 0 Å². The van der Waals surface area contributed by atoms with Gasteiger partial charge in [-0.2, -0.15) is 13.2 Å². The van der Waals surface area contributed by atoms with Gasteiger partial charge in [-0.25, -0.2) is 17.2 Å². The number of carbonyl (C=O) groups is 1. The fourth-order valence-electron chi connectivity index (χ4n) is 2.49. The largest absolute Gasteiger partial charge is 0.419 e. The predicted molar refractivity (Wildman–Crippen MR) is 101 cm³/mol. The summed E-state index contributed by atoms with van der Waals surface area (Å²) in [6.45, 7) is 0. The molecule has 0 unspecified atom stereocenters. The number of benzene rings is 2. The van der Waals surface area contributed by atoms with Crippen LogP contribution in [0.4, 0.5) is 33.3 Å². The standard InChI is InChI=1S/C19H12F5N3O3S/c20-11-4-7-15(26-18(28)16-3-1-2-8-25-16)17(9-11)27-31(29,30)12-5-6-14(21)13(10-12)19(22,23)24/h1-10,27H,(H,26,28). The molecule has 31 heavy (non-hydrogen) atoms. The molecule has 1 amide bonds. The highest BCUT2D eigenvalue weighted by Gasteiger charge is 2.35. The molecule has 3 rings (SSSR count). The summed E-state index contributed by atoms with van der Waals surface area (Å²) in [5.74, 6) is -3.28. The number of nitrogens with one attached hydrogen (secondary N) is 2. The van der Waals surface area contributed by atoms with E-state index in [9.17, 15) is 35.2 Å². The minimum Gasteiger partial charge on any atom is -0.319 e. The van der Waals surface area contributed by atoms with Crippen molar-refractivity contribution in [1.82, 2.24) is 4.98 Å². The first-order chi connectivity index (χ1) is 14.5. The van der Waals surface area contributed by atoms with Gasteiger partial charge in [0.1, 0.15) is 17.3 Å². The van der Waals surface area contributed by atoms with Gasteiger partial charge < -0.3 is 5.32 Å². The number of alkyl halides is 3. The highest BCUT2D eigenvalue weighted by molar-refractivity contribution is 7.92. The van der Waals surface area contributed by atoms with Gasteiger partial charge in [-0.15, -0.1) is 0 Å². The Kier molecular flexibility index (Phi) is 5.93. The molecule has 0 fully saturated rings. The maximum atomic E-state index is 13.7. The molecule has 0 aliphatic carbocycles. The number of aromatic nitrogens is 1. The summed E-state index contributed by atoms with van der Waals surface area (Å²) in [6.07, 6.45) is -3.79. The number of amides is 1. The molecule has 1 heterocycles. The Morgan fingerprint density at radius 1 is 0.935 bits per heavy atom. The summed E-state index contributed by atoms with van der Waals surface area (Å²) in [6, 6.07) is 8.27. The predicted octanol–water partition coefficient (Wildman–Crippen LogP) is 4.43. The Bertz CT molecular complexity index is 1230. The molecule has 12 heteroatoms. The van der Waals surface area contributed by atoms with Crippen molar-refractivity contribution >= 4 is 27.3 Å². The van der Waals surface area contributed by atoms with Gasteiger partial charge in [0.2, 0.25) is 0 Å². The summed E-state index contributed by atoms with van der Waals surface area (Å²) in [4.78, 5) is 15.2. The second kappa shape index (κ2) is 8.30. The van der Waals surface area contributed by atoms with Crippen LogP contribution in [0.2, 0.25) is 0 Å². The summed E-state index contributed by atoms with van der Waals surface area (Å²) in [5, 5.41) is 2.34. The van der Waals surface area contributed by atoms with E-state index in [1.165, 1.54) is 18.3 Å². The smallest absolute Gasteiger partial charge is 0.319 e. The first kappa shape index (κ1) is 22.2. The number of nitrogens with zero attached hydrogens (tertiary/aromatic N) is 1. The Morgan fingerprint density at radius 2 is 1.68 bits per heavy atom. The molecule has 0 saturated heterocycles. The van der Waals surface area contributed by atoms with Gasteiger partial charge in [0.15, 0.2) is 0 Å². The Labute approximate surface area is 172 Å². The highest BCUT2D eigenvalue weighted by Crippen LogP contribution is 2.33. The van der Waals surface area contributed by atoms with Gasteiger partial charge in [0.05, 0.1) is 21.8 Å². The fourth-order valence-corrected chi connectivity index (χ4v) is 3.58. The molecule has 3 aromatic rings. The molecule has 1 aromatic heterocycles. The van der Waals surface area contributed by atoms with E-state index in [0.717, 1.165) is 18.2 Å². The maximum absolute atomic E-state index is 13.7. The lowest BCUT2D eigenvalue weighted by Crippen LogP contribution is -2.19. The Morgan fingerprint density at radius 3 is 2.32 bits per heavy atom. The number of sulfonamides is 1. The van der Waals surface area contributed by atoms with E-state index in [2.05, 4.69) is 10.3 Å². The molecule has 0 atom stereocenters. The van der Waals surface area contributed by atoms with Gasteiger partial charge in [0.25, 0.3) is 15.9 Å². The fraction of sp³-hybridized carbons (Fsp3) is 0.0526. The molecular weight excluding hydrogens is 445 g/mol. The molecule has 2 aromatic carbocycles. The normalized spacial score (nSPS) is 11.8. The molecular formula is C19H12F5N3O3S. The van der Waals surface area contributed by atoms with Crippen LogP contribution < -0.4 is 10.0 Å². The first-order valence-corrected chi connectivity index (χ1v) is 9.87. The van der Waals surface area contributed by atoms with E-state index in [0.29, 0.717) is 12.1 Å². The molecule has 0 aliphatic rings. The molecule has 0 saturated carbocycles. The first-order valence-electron chi connectivity index (χ1n) is 8.39. The van der Waals surface area contributed by atoms with Crippen molar-refractivity contribution in [1.29, 1.82) is 0 Å². The van der Waals surface area contributed by atoms with Crippen molar-refractivity contribution < 1.29 is 35.2 Å². The molecule has 0 bridgehead atoms. The number of carbonyl (C=O) groups excluding carboxylic acids is 1. The average molecular weight is 457 g/mol. The van der Waals surface area contributed by atoms with Crippen molar-refractivity contribution in [3.8, 4) is 0 Å². The topological polar surface area (TPSA) is 88.2 Å².